The minimum Gasteiger partial charge on any atom is -0.396 e. The lowest BCUT2D eigenvalue weighted by atomic mass is 9.95. The molecule has 0 spiro atoms. The molecule has 0 radical (unpaired) electrons. The Morgan fingerprint density at radius 1 is 1.50 bits per heavy atom. The molecule has 1 N–H and O–H groups in total. The molecule has 2 heterocycles. The lowest BCUT2D eigenvalue weighted by molar-refractivity contribution is 0.248. The number of aliphatic hydroxyl groups is 1. The lowest BCUT2D eigenvalue weighted by Crippen LogP contribution is -2.31. The van der Waals surface area contributed by atoms with E-state index in [1.807, 2.05) is 11.7 Å². The van der Waals surface area contributed by atoms with Crippen LogP contribution < -0.4 is 0 Å². The molecule has 2 rings (SSSR count). The van der Waals surface area contributed by atoms with Crippen LogP contribution >= 0.6 is 0 Å². The number of nitrogens with zero attached hydrogens (tertiary/aromatic N) is 3. The fourth-order valence-corrected chi connectivity index (χ4v) is 2.49. The summed E-state index contributed by atoms with van der Waals surface area (Å²) in [5.74, 6) is 0.567. The van der Waals surface area contributed by atoms with Gasteiger partial charge in [-0.05, 0) is 32.5 Å². The Balaban J connectivity index is 2.10. The van der Waals surface area contributed by atoms with E-state index in [1.54, 1.807) is 0 Å². The van der Waals surface area contributed by atoms with Gasteiger partial charge in [-0.15, -0.1) is 0 Å². The Bertz CT molecular complexity index is 348. The summed E-state index contributed by atoms with van der Waals surface area (Å²) in [6.45, 7) is 2.51. The van der Waals surface area contributed by atoms with Crippen molar-refractivity contribution in [1.82, 2.24) is 14.7 Å². The maximum atomic E-state index is 8.96. The topological polar surface area (TPSA) is 41.3 Å². The highest BCUT2D eigenvalue weighted by Crippen LogP contribution is 2.25. The molecule has 0 bridgehead atoms. The van der Waals surface area contributed by atoms with Crippen LogP contribution in [0.25, 0.3) is 0 Å². The van der Waals surface area contributed by atoms with Gasteiger partial charge in [0.05, 0.1) is 5.69 Å². The molecule has 1 aliphatic heterocycles. The molecule has 1 atom stereocenters. The third kappa shape index (κ3) is 2.44. The van der Waals surface area contributed by atoms with Crippen molar-refractivity contribution in [2.45, 2.75) is 25.2 Å². The van der Waals surface area contributed by atoms with Crippen LogP contribution in [0.1, 0.15) is 30.1 Å². The van der Waals surface area contributed by atoms with Gasteiger partial charge < -0.3 is 10.0 Å². The van der Waals surface area contributed by atoms with Crippen LogP contribution in [0.3, 0.4) is 0 Å². The molecule has 4 heteroatoms. The van der Waals surface area contributed by atoms with E-state index in [9.17, 15) is 0 Å². The minimum atomic E-state index is 0.198. The van der Waals surface area contributed by atoms with Crippen molar-refractivity contribution in [3.63, 3.8) is 0 Å². The minimum absolute atomic E-state index is 0.198. The second-order valence-electron chi connectivity index (χ2n) is 4.76. The molecule has 16 heavy (non-hydrogen) atoms. The monoisotopic (exact) mass is 223 g/mol. The van der Waals surface area contributed by atoms with E-state index in [0.29, 0.717) is 12.3 Å². The van der Waals surface area contributed by atoms with Crippen LogP contribution in [0.5, 0.6) is 0 Å². The fourth-order valence-electron chi connectivity index (χ4n) is 2.49. The molecule has 0 unspecified atom stereocenters. The van der Waals surface area contributed by atoms with E-state index < -0.39 is 0 Å². The number of hydrogen-bond donors (Lipinski definition) is 1. The zero-order valence-corrected chi connectivity index (χ0v) is 10.2. The molecule has 0 aromatic carbocycles. The molecular formula is C12H21N3O. The Morgan fingerprint density at radius 2 is 2.31 bits per heavy atom. The molecule has 0 saturated carbocycles. The maximum absolute atomic E-state index is 8.96. The molecular weight excluding hydrogens is 202 g/mol. The van der Waals surface area contributed by atoms with Gasteiger partial charge >= 0.3 is 0 Å². The smallest absolute Gasteiger partial charge is 0.0671 e. The summed E-state index contributed by atoms with van der Waals surface area (Å²) in [4.78, 5) is 2.37. The molecule has 1 aliphatic rings. The van der Waals surface area contributed by atoms with Crippen LogP contribution in [-0.4, -0.2) is 46.5 Å². The highest BCUT2D eigenvalue weighted by molar-refractivity contribution is 5.15. The Kier molecular flexibility index (Phi) is 3.61. The van der Waals surface area contributed by atoms with Crippen LogP contribution in [0.2, 0.25) is 0 Å². The molecule has 1 saturated heterocycles. The van der Waals surface area contributed by atoms with E-state index in [-0.39, 0.29) is 6.61 Å². The standard InChI is InChI=1S/C12H21N3O/c1-14-6-3-4-10(9-14)12-8-11(5-7-16)15(2)13-12/h8,10,16H,3-7,9H2,1-2H3/t10-/m0/s1. The second-order valence-corrected chi connectivity index (χ2v) is 4.76. The van der Waals surface area contributed by atoms with Gasteiger partial charge in [-0.25, -0.2) is 0 Å². The number of aryl methyl sites for hydroxylation is 1. The van der Waals surface area contributed by atoms with E-state index >= 15 is 0 Å². The third-order valence-electron chi connectivity index (χ3n) is 3.41. The second kappa shape index (κ2) is 4.97. The first kappa shape index (κ1) is 11.6. The quantitative estimate of drug-likeness (QED) is 0.822. The van der Waals surface area contributed by atoms with Crippen molar-refractivity contribution in [2.75, 3.05) is 26.7 Å². The van der Waals surface area contributed by atoms with E-state index in [1.165, 1.54) is 25.1 Å². The van der Waals surface area contributed by atoms with Crippen LogP contribution in [0, 0.1) is 0 Å². The summed E-state index contributed by atoms with van der Waals surface area (Å²) in [7, 11) is 4.13. The van der Waals surface area contributed by atoms with Crippen LogP contribution in [0.4, 0.5) is 0 Å². The van der Waals surface area contributed by atoms with Crippen molar-refractivity contribution in [3.05, 3.63) is 17.5 Å². The first-order chi connectivity index (χ1) is 7.70. The Labute approximate surface area is 96.9 Å². The van der Waals surface area contributed by atoms with Gasteiger partial charge in [-0.1, -0.05) is 0 Å². The van der Waals surface area contributed by atoms with E-state index in [4.69, 9.17) is 5.11 Å². The zero-order valence-electron chi connectivity index (χ0n) is 10.2. The highest BCUT2D eigenvalue weighted by Gasteiger charge is 2.21. The lowest BCUT2D eigenvalue weighted by Gasteiger charge is -2.28. The average Bonchev–Trinajstić information content (AvgIpc) is 2.61. The van der Waals surface area contributed by atoms with Gasteiger partial charge in [0.2, 0.25) is 0 Å². The molecule has 4 nitrogen and oxygen atoms in total. The molecule has 1 aromatic rings. The van der Waals surface area contributed by atoms with E-state index in [2.05, 4.69) is 23.1 Å². The van der Waals surface area contributed by atoms with Crippen molar-refractivity contribution in [2.24, 2.45) is 7.05 Å². The molecule has 0 amide bonds. The number of aliphatic hydroxyl groups excluding tert-OH is 1. The van der Waals surface area contributed by atoms with Crippen molar-refractivity contribution in [3.8, 4) is 0 Å². The number of rotatable bonds is 3. The van der Waals surface area contributed by atoms with E-state index in [0.717, 1.165) is 12.2 Å². The number of likely N-dealkylation sites (N-methyl/N-ethyl adjacent to an activating group) is 1. The first-order valence-corrected chi connectivity index (χ1v) is 6.03. The van der Waals surface area contributed by atoms with Gasteiger partial charge in [0.1, 0.15) is 0 Å². The van der Waals surface area contributed by atoms with Crippen molar-refractivity contribution >= 4 is 0 Å². The normalized spacial score (nSPS) is 22.6. The summed E-state index contributed by atoms with van der Waals surface area (Å²) in [5, 5.41) is 13.5. The number of likely N-dealkylation sites (tertiary alicyclic amines) is 1. The first-order valence-electron chi connectivity index (χ1n) is 6.03. The third-order valence-corrected chi connectivity index (χ3v) is 3.41. The molecule has 90 valence electrons. The average molecular weight is 223 g/mol. The van der Waals surface area contributed by atoms with Crippen LogP contribution in [-0.2, 0) is 13.5 Å². The Morgan fingerprint density at radius 3 is 3.00 bits per heavy atom. The van der Waals surface area contributed by atoms with Gasteiger partial charge in [-0.2, -0.15) is 5.10 Å². The van der Waals surface area contributed by atoms with Crippen LogP contribution in [0.15, 0.2) is 6.07 Å². The number of piperidine rings is 1. The number of hydrogen-bond acceptors (Lipinski definition) is 3. The summed E-state index contributed by atoms with van der Waals surface area (Å²) in [5.41, 5.74) is 2.32. The number of aromatic nitrogens is 2. The predicted octanol–water partition coefficient (Wildman–Crippen LogP) is 0.764. The molecule has 1 aromatic heterocycles. The molecule has 0 aliphatic carbocycles. The maximum Gasteiger partial charge on any atom is 0.0671 e. The summed E-state index contributed by atoms with van der Waals surface area (Å²) in [6, 6.07) is 2.15. The van der Waals surface area contributed by atoms with Gasteiger partial charge in [0.15, 0.2) is 0 Å². The van der Waals surface area contributed by atoms with Gasteiger partial charge in [-0.3, -0.25) is 4.68 Å². The predicted molar refractivity (Wildman–Crippen MR) is 63.5 cm³/mol. The van der Waals surface area contributed by atoms with Crippen molar-refractivity contribution < 1.29 is 5.11 Å². The largest absolute Gasteiger partial charge is 0.396 e. The van der Waals surface area contributed by atoms with Gasteiger partial charge in [0, 0.05) is 38.2 Å². The summed E-state index contributed by atoms with van der Waals surface area (Å²) < 4.78 is 1.90. The SMILES string of the molecule is CN1CCC[C@H](c2cc(CCO)n(C)n2)C1. The molecule has 1 fully saturated rings. The highest BCUT2D eigenvalue weighted by atomic mass is 16.3. The summed E-state index contributed by atoms with van der Waals surface area (Å²) in [6.07, 6.45) is 3.19. The zero-order chi connectivity index (χ0) is 11.5. The summed E-state index contributed by atoms with van der Waals surface area (Å²) >= 11 is 0. The Hall–Kier alpha value is -0.870. The van der Waals surface area contributed by atoms with Crippen molar-refractivity contribution in [1.29, 1.82) is 0 Å². The van der Waals surface area contributed by atoms with Gasteiger partial charge in [0.25, 0.3) is 0 Å². The fraction of sp³-hybridized carbons (Fsp3) is 0.750.